The van der Waals surface area contributed by atoms with Crippen LogP contribution in [0.4, 0.5) is 5.69 Å². The third-order valence-corrected chi connectivity index (χ3v) is 3.94. The van der Waals surface area contributed by atoms with E-state index in [9.17, 15) is 4.79 Å². The first-order chi connectivity index (χ1) is 9.72. The van der Waals surface area contributed by atoms with Crippen molar-refractivity contribution in [3.63, 3.8) is 0 Å². The number of amides is 1. The number of piperidine rings is 1. The molecule has 3 N–H and O–H groups in total. The van der Waals surface area contributed by atoms with E-state index in [-0.39, 0.29) is 5.91 Å². The number of nitrogens with two attached hydrogens (primary N) is 1. The summed E-state index contributed by atoms with van der Waals surface area (Å²) in [7, 11) is 0. The maximum Gasteiger partial charge on any atom is 0.250 e. The molecule has 0 aromatic heterocycles. The zero-order valence-corrected chi connectivity index (χ0v) is 12.3. The Morgan fingerprint density at radius 3 is 2.70 bits per heavy atom. The van der Waals surface area contributed by atoms with Crippen molar-refractivity contribution in [2.45, 2.75) is 26.2 Å². The van der Waals surface area contributed by atoms with Crippen molar-refractivity contribution in [2.24, 2.45) is 11.7 Å². The Hall–Kier alpha value is -1.55. The van der Waals surface area contributed by atoms with Crippen LogP contribution in [0.5, 0.6) is 0 Å². The molecule has 1 aromatic rings. The first-order valence-electron chi connectivity index (χ1n) is 7.57. The summed E-state index contributed by atoms with van der Waals surface area (Å²) in [5.74, 6) is 0.357. The van der Waals surface area contributed by atoms with Gasteiger partial charge in [-0.1, -0.05) is 19.1 Å². The van der Waals surface area contributed by atoms with Gasteiger partial charge in [-0.15, -0.1) is 0 Å². The number of hydrogen-bond acceptors (Lipinski definition) is 3. The number of carbonyl (C=O) groups is 1. The average molecular weight is 275 g/mol. The Kier molecular flexibility index (Phi) is 5.41. The third-order valence-electron chi connectivity index (χ3n) is 3.94. The van der Waals surface area contributed by atoms with E-state index in [1.807, 2.05) is 24.3 Å². The van der Waals surface area contributed by atoms with E-state index in [0.29, 0.717) is 11.5 Å². The predicted octanol–water partition coefficient (Wildman–Crippen LogP) is 2.00. The van der Waals surface area contributed by atoms with Gasteiger partial charge < -0.3 is 16.0 Å². The monoisotopic (exact) mass is 275 g/mol. The number of carbonyl (C=O) groups excluding carboxylic acids is 1. The van der Waals surface area contributed by atoms with Crippen molar-refractivity contribution in [1.82, 2.24) is 5.32 Å². The SMILES string of the molecule is CCCN(CC1CCNCC1)c1ccccc1C(N)=O. The second kappa shape index (κ2) is 7.29. The molecule has 0 bridgehead atoms. The lowest BCUT2D eigenvalue weighted by molar-refractivity contribution is 0.100. The fourth-order valence-corrected chi connectivity index (χ4v) is 2.91. The minimum Gasteiger partial charge on any atom is -0.371 e. The number of para-hydroxylation sites is 1. The van der Waals surface area contributed by atoms with Gasteiger partial charge in [0, 0.05) is 18.8 Å². The van der Waals surface area contributed by atoms with Crippen LogP contribution in [0.25, 0.3) is 0 Å². The van der Waals surface area contributed by atoms with E-state index in [4.69, 9.17) is 5.73 Å². The molecule has 1 aromatic carbocycles. The Bertz CT molecular complexity index is 441. The molecule has 1 aliphatic heterocycles. The van der Waals surface area contributed by atoms with Gasteiger partial charge in [0.05, 0.1) is 5.56 Å². The number of nitrogens with zero attached hydrogens (tertiary/aromatic N) is 1. The molecule has 1 aliphatic rings. The minimum absolute atomic E-state index is 0.341. The molecule has 0 saturated carbocycles. The molecule has 1 saturated heterocycles. The van der Waals surface area contributed by atoms with Crippen LogP contribution in [0, 0.1) is 5.92 Å². The van der Waals surface area contributed by atoms with Crippen LogP contribution in [0.3, 0.4) is 0 Å². The van der Waals surface area contributed by atoms with E-state index in [1.165, 1.54) is 12.8 Å². The number of rotatable bonds is 6. The minimum atomic E-state index is -0.341. The van der Waals surface area contributed by atoms with Gasteiger partial charge in [-0.3, -0.25) is 4.79 Å². The Labute approximate surface area is 121 Å². The van der Waals surface area contributed by atoms with Gasteiger partial charge in [0.25, 0.3) is 5.91 Å². The zero-order chi connectivity index (χ0) is 14.4. The maximum absolute atomic E-state index is 11.6. The highest BCUT2D eigenvalue weighted by molar-refractivity contribution is 5.98. The molecule has 4 heteroatoms. The van der Waals surface area contributed by atoms with Crippen molar-refractivity contribution < 1.29 is 4.79 Å². The van der Waals surface area contributed by atoms with E-state index in [2.05, 4.69) is 17.1 Å². The molecule has 0 spiro atoms. The topological polar surface area (TPSA) is 58.4 Å². The number of benzene rings is 1. The summed E-state index contributed by atoms with van der Waals surface area (Å²) in [6.45, 7) is 6.35. The highest BCUT2D eigenvalue weighted by Gasteiger charge is 2.19. The summed E-state index contributed by atoms with van der Waals surface area (Å²) in [5.41, 5.74) is 7.13. The highest BCUT2D eigenvalue weighted by Crippen LogP contribution is 2.23. The van der Waals surface area contributed by atoms with Crippen molar-refractivity contribution in [3.8, 4) is 0 Å². The van der Waals surface area contributed by atoms with Gasteiger partial charge in [-0.25, -0.2) is 0 Å². The average Bonchev–Trinajstić information content (AvgIpc) is 2.48. The Morgan fingerprint density at radius 1 is 1.35 bits per heavy atom. The molecule has 20 heavy (non-hydrogen) atoms. The summed E-state index contributed by atoms with van der Waals surface area (Å²) in [6, 6.07) is 7.69. The van der Waals surface area contributed by atoms with Crippen LogP contribution < -0.4 is 16.0 Å². The summed E-state index contributed by atoms with van der Waals surface area (Å²) >= 11 is 0. The normalized spacial score (nSPS) is 16.1. The summed E-state index contributed by atoms with van der Waals surface area (Å²) < 4.78 is 0. The van der Waals surface area contributed by atoms with Gasteiger partial charge in [0.2, 0.25) is 0 Å². The largest absolute Gasteiger partial charge is 0.371 e. The second-order valence-corrected chi connectivity index (χ2v) is 5.52. The predicted molar refractivity (Wildman–Crippen MR) is 83.1 cm³/mol. The second-order valence-electron chi connectivity index (χ2n) is 5.52. The van der Waals surface area contributed by atoms with Crippen LogP contribution in [0.2, 0.25) is 0 Å². The van der Waals surface area contributed by atoms with Crippen molar-refractivity contribution in [1.29, 1.82) is 0 Å². The molecule has 4 nitrogen and oxygen atoms in total. The van der Waals surface area contributed by atoms with E-state index in [0.717, 1.165) is 38.3 Å². The summed E-state index contributed by atoms with van der Waals surface area (Å²) in [5, 5.41) is 3.40. The van der Waals surface area contributed by atoms with Crippen molar-refractivity contribution >= 4 is 11.6 Å². The standard InChI is InChI=1S/C16H25N3O/c1-2-11-19(12-13-7-9-18-10-8-13)15-6-4-3-5-14(15)16(17)20/h3-6,13,18H,2,7-12H2,1H3,(H2,17,20). The fraction of sp³-hybridized carbons (Fsp3) is 0.562. The number of nitrogens with one attached hydrogen (secondary N) is 1. The van der Waals surface area contributed by atoms with Crippen LogP contribution in [0.1, 0.15) is 36.5 Å². The molecule has 0 aliphatic carbocycles. The highest BCUT2D eigenvalue weighted by atomic mass is 16.1. The lowest BCUT2D eigenvalue weighted by atomic mass is 9.97. The number of hydrogen-bond donors (Lipinski definition) is 2. The summed E-state index contributed by atoms with van der Waals surface area (Å²) in [6.07, 6.45) is 3.48. The van der Waals surface area contributed by atoms with Gasteiger partial charge >= 0.3 is 0 Å². The zero-order valence-electron chi connectivity index (χ0n) is 12.3. The van der Waals surface area contributed by atoms with Crippen LogP contribution in [0.15, 0.2) is 24.3 Å². The van der Waals surface area contributed by atoms with Gasteiger partial charge in [-0.05, 0) is 50.4 Å². The smallest absolute Gasteiger partial charge is 0.250 e. The molecular formula is C16H25N3O. The van der Waals surface area contributed by atoms with Crippen LogP contribution in [-0.2, 0) is 0 Å². The lowest BCUT2D eigenvalue weighted by Gasteiger charge is -2.32. The van der Waals surface area contributed by atoms with Crippen LogP contribution in [-0.4, -0.2) is 32.1 Å². The van der Waals surface area contributed by atoms with Crippen LogP contribution >= 0.6 is 0 Å². The summed E-state index contributed by atoms with van der Waals surface area (Å²) in [4.78, 5) is 13.9. The molecule has 0 radical (unpaired) electrons. The first-order valence-corrected chi connectivity index (χ1v) is 7.57. The number of primary amides is 1. The third kappa shape index (κ3) is 3.73. The number of anilines is 1. The fourth-order valence-electron chi connectivity index (χ4n) is 2.91. The molecule has 1 heterocycles. The Balaban J connectivity index is 2.16. The van der Waals surface area contributed by atoms with Crippen molar-refractivity contribution in [2.75, 3.05) is 31.1 Å². The molecule has 1 amide bonds. The van der Waals surface area contributed by atoms with Gasteiger partial charge in [0.15, 0.2) is 0 Å². The molecule has 110 valence electrons. The maximum atomic E-state index is 11.6. The van der Waals surface area contributed by atoms with Gasteiger partial charge in [0.1, 0.15) is 0 Å². The molecule has 1 fully saturated rings. The molecule has 0 unspecified atom stereocenters. The molecular weight excluding hydrogens is 250 g/mol. The molecule has 2 rings (SSSR count). The van der Waals surface area contributed by atoms with E-state index >= 15 is 0 Å². The molecule has 0 atom stereocenters. The van der Waals surface area contributed by atoms with E-state index < -0.39 is 0 Å². The van der Waals surface area contributed by atoms with Crippen molar-refractivity contribution in [3.05, 3.63) is 29.8 Å². The van der Waals surface area contributed by atoms with Gasteiger partial charge in [-0.2, -0.15) is 0 Å². The lowest BCUT2D eigenvalue weighted by Crippen LogP contribution is -2.37. The first kappa shape index (κ1) is 14.9. The Morgan fingerprint density at radius 2 is 2.05 bits per heavy atom. The van der Waals surface area contributed by atoms with E-state index in [1.54, 1.807) is 0 Å². The quantitative estimate of drug-likeness (QED) is 0.835.